The average Bonchev–Trinajstić information content (AvgIpc) is 2.43. The Morgan fingerprint density at radius 3 is 2.37 bits per heavy atom. The van der Waals surface area contributed by atoms with Gasteiger partial charge in [-0.15, -0.1) is 0 Å². The molecule has 1 rings (SSSR count). The molecule has 1 atom stereocenters. The molecule has 0 saturated heterocycles. The van der Waals surface area contributed by atoms with Crippen LogP contribution in [-0.2, 0) is 9.53 Å². The number of halogens is 1. The monoisotopic (exact) mass is 265 g/mol. The standard InChI is InChI=1S/C14H16FNO3/c1-9(16-2)8-12(14(18)19-3)13(17)10-4-6-11(15)7-5-10/h4-9,16H,1-3H3/b12-8+. The summed E-state index contributed by atoms with van der Waals surface area (Å²) in [5, 5.41) is 2.89. The number of methoxy groups -OCH3 is 1. The van der Waals surface area contributed by atoms with Crippen LogP contribution >= 0.6 is 0 Å². The van der Waals surface area contributed by atoms with Gasteiger partial charge in [-0.1, -0.05) is 0 Å². The summed E-state index contributed by atoms with van der Waals surface area (Å²) in [7, 11) is 2.91. The second-order valence-electron chi connectivity index (χ2n) is 3.99. The normalized spacial score (nSPS) is 12.9. The van der Waals surface area contributed by atoms with Crippen molar-refractivity contribution in [2.75, 3.05) is 14.2 Å². The molecular weight excluding hydrogens is 249 g/mol. The van der Waals surface area contributed by atoms with Crippen molar-refractivity contribution in [3.8, 4) is 0 Å². The van der Waals surface area contributed by atoms with Crippen LogP contribution in [0.4, 0.5) is 4.39 Å². The largest absolute Gasteiger partial charge is 0.465 e. The van der Waals surface area contributed by atoms with Crippen LogP contribution in [0.2, 0.25) is 0 Å². The molecule has 4 nitrogen and oxygen atoms in total. The highest BCUT2D eigenvalue weighted by Gasteiger charge is 2.21. The van der Waals surface area contributed by atoms with Crippen molar-refractivity contribution < 1.29 is 18.7 Å². The van der Waals surface area contributed by atoms with E-state index in [1.165, 1.54) is 37.5 Å². The zero-order valence-corrected chi connectivity index (χ0v) is 11.1. The second-order valence-corrected chi connectivity index (χ2v) is 3.99. The van der Waals surface area contributed by atoms with Gasteiger partial charge in [0.25, 0.3) is 0 Å². The molecule has 0 saturated carbocycles. The fourth-order valence-electron chi connectivity index (χ4n) is 1.44. The lowest BCUT2D eigenvalue weighted by molar-refractivity contribution is -0.135. The lowest BCUT2D eigenvalue weighted by atomic mass is 10.0. The lowest BCUT2D eigenvalue weighted by Gasteiger charge is -2.09. The number of rotatable bonds is 5. The van der Waals surface area contributed by atoms with Crippen LogP contribution in [0.5, 0.6) is 0 Å². The molecular formula is C14H16FNO3. The van der Waals surface area contributed by atoms with Gasteiger partial charge in [0.15, 0.2) is 5.78 Å². The lowest BCUT2D eigenvalue weighted by Crippen LogP contribution is -2.23. The van der Waals surface area contributed by atoms with Gasteiger partial charge in [0.2, 0.25) is 0 Å². The van der Waals surface area contributed by atoms with Gasteiger partial charge in [-0.2, -0.15) is 0 Å². The van der Waals surface area contributed by atoms with Gasteiger partial charge >= 0.3 is 5.97 Å². The Labute approximate surface area is 111 Å². The van der Waals surface area contributed by atoms with Gasteiger partial charge in [0.05, 0.1) is 7.11 Å². The minimum absolute atomic E-state index is 0.0732. The Morgan fingerprint density at radius 2 is 1.89 bits per heavy atom. The number of hydrogen-bond acceptors (Lipinski definition) is 4. The first kappa shape index (κ1) is 15.0. The quantitative estimate of drug-likeness (QED) is 0.289. The number of carbonyl (C=O) groups is 2. The molecule has 0 heterocycles. The summed E-state index contributed by atoms with van der Waals surface area (Å²) in [5.41, 5.74) is 0.164. The van der Waals surface area contributed by atoms with Crippen molar-refractivity contribution in [1.82, 2.24) is 5.32 Å². The van der Waals surface area contributed by atoms with E-state index in [-0.39, 0.29) is 17.2 Å². The van der Waals surface area contributed by atoms with E-state index in [1.807, 2.05) is 0 Å². The highest BCUT2D eigenvalue weighted by Crippen LogP contribution is 2.12. The van der Waals surface area contributed by atoms with Crippen molar-refractivity contribution in [3.63, 3.8) is 0 Å². The first-order chi connectivity index (χ1) is 8.99. The maximum atomic E-state index is 12.8. The maximum absolute atomic E-state index is 12.8. The predicted molar refractivity (Wildman–Crippen MR) is 69.4 cm³/mol. The van der Waals surface area contributed by atoms with E-state index >= 15 is 0 Å². The van der Waals surface area contributed by atoms with Crippen molar-refractivity contribution in [1.29, 1.82) is 0 Å². The maximum Gasteiger partial charge on any atom is 0.341 e. The van der Waals surface area contributed by atoms with E-state index in [9.17, 15) is 14.0 Å². The van der Waals surface area contributed by atoms with Crippen molar-refractivity contribution in [2.45, 2.75) is 13.0 Å². The Morgan fingerprint density at radius 1 is 1.32 bits per heavy atom. The second kappa shape index (κ2) is 6.80. The zero-order chi connectivity index (χ0) is 14.4. The van der Waals surface area contributed by atoms with Crippen LogP contribution in [0.15, 0.2) is 35.9 Å². The molecule has 0 aliphatic carbocycles. The molecule has 102 valence electrons. The van der Waals surface area contributed by atoms with E-state index in [0.717, 1.165) is 0 Å². The van der Waals surface area contributed by atoms with Crippen LogP contribution in [0.25, 0.3) is 0 Å². The number of nitrogens with one attached hydrogen (secondary N) is 1. The molecule has 0 aromatic heterocycles. The van der Waals surface area contributed by atoms with Gasteiger partial charge in [0.1, 0.15) is 11.4 Å². The van der Waals surface area contributed by atoms with Crippen LogP contribution in [0.3, 0.4) is 0 Å². The number of Topliss-reactive ketones (excluding diaryl/α,β-unsaturated/α-hetero) is 1. The number of carbonyl (C=O) groups excluding carboxylic acids is 2. The molecule has 19 heavy (non-hydrogen) atoms. The SMILES string of the molecule is CNC(C)/C=C(/C(=O)OC)C(=O)c1ccc(F)cc1. The molecule has 0 aliphatic heterocycles. The number of hydrogen-bond donors (Lipinski definition) is 1. The Bertz CT molecular complexity index is 494. The Hall–Kier alpha value is -2.01. The summed E-state index contributed by atoms with van der Waals surface area (Å²) >= 11 is 0. The first-order valence-electron chi connectivity index (χ1n) is 5.77. The molecule has 0 amide bonds. The van der Waals surface area contributed by atoms with Gasteiger partial charge in [0, 0.05) is 11.6 Å². The summed E-state index contributed by atoms with van der Waals surface area (Å²) in [6.45, 7) is 1.79. The van der Waals surface area contributed by atoms with Crippen LogP contribution in [0.1, 0.15) is 17.3 Å². The van der Waals surface area contributed by atoms with Gasteiger partial charge in [-0.25, -0.2) is 9.18 Å². The molecule has 1 unspecified atom stereocenters. The van der Waals surface area contributed by atoms with Gasteiger partial charge in [-0.3, -0.25) is 4.79 Å². The third-order valence-corrected chi connectivity index (χ3v) is 2.63. The van der Waals surface area contributed by atoms with Crippen LogP contribution in [-0.4, -0.2) is 32.0 Å². The fraction of sp³-hybridized carbons (Fsp3) is 0.286. The minimum atomic E-state index is -0.712. The molecule has 1 N–H and O–H groups in total. The third kappa shape index (κ3) is 3.99. The number of ketones is 1. The predicted octanol–water partition coefficient (Wildman–Crippen LogP) is 1.72. The highest BCUT2D eigenvalue weighted by molar-refractivity contribution is 6.24. The fourth-order valence-corrected chi connectivity index (χ4v) is 1.44. The summed E-state index contributed by atoms with van der Waals surface area (Å²) < 4.78 is 17.4. The Balaban J connectivity index is 3.11. The van der Waals surface area contributed by atoms with E-state index in [1.54, 1.807) is 14.0 Å². The first-order valence-corrected chi connectivity index (χ1v) is 5.77. The number of esters is 1. The molecule has 0 radical (unpaired) electrons. The van der Waals surface area contributed by atoms with Crippen molar-refractivity contribution >= 4 is 11.8 Å². The van der Waals surface area contributed by atoms with E-state index in [4.69, 9.17) is 0 Å². The summed E-state index contributed by atoms with van der Waals surface area (Å²) in [4.78, 5) is 23.8. The molecule has 5 heteroatoms. The molecule has 1 aromatic rings. The summed E-state index contributed by atoms with van der Waals surface area (Å²) in [5.74, 6) is -1.64. The number of likely N-dealkylation sites (N-methyl/N-ethyl adjacent to an activating group) is 1. The summed E-state index contributed by atoms with van der Waals surface area (Å²) in [6, 6.07) is 4.84. The topological polar surface area (TPSA) is 55.4 Å². The molecule has 1 aromatic carbocycles. The molecule has 0 aliphatic rings. The van der Waals surface area contributed by atoms with E-state index in [2.05, 4.69) is 10.1 Å². The molecule has 0 fully saturated rings. The van der Waals surface area contributed by atoms with E-state index < -0.39 is 17.6 Å². The van der Waals surface area contributed by atoms with Gasteiger partial charge < -0.3 is 10.1 Å². The van der Waals surface area contributed by atoms with Crippen LogP contribution < -0.4 is 5.32 Å². The van der Waals surface area contributed by atoms with E-state index in [0.29, 0.717) is 0 Å². The number of benzene rings is 1. The summed E-state index contributed by atoms with van der Waals surface area (Å²) in [6.07, 6.45) is 1.48. The van der Waals surface area contributed by atoms with Gasteiger partial charge in [-0.05, 0) is 44.3 Å². The molecule has 0 spiro atoms. The highest BCUT2D eigenvalue weighted by atomic mass is 19.1. The smallest absolute Gasteiger partial charge is 0.341 e. The van der Waals surface area contributed by atoms with Crippen LogP contribution in [0, 0.1) is 5.82 Å². The minimum Gasteiger partial charge on any atom is -0.465 e. The number of ether oxygens (including phenoxy) is 1. The molecule has 0 bridgehead atoms. The zero-order valence-electron chi connectivity index (χ0n) is 11.1. The van der Waals surface area contributed by atoms with Crippen molar-refractivity contribution in [2.24, 2.45) is 0 Å². The third-order valence-electron chi connectivity index (χ3n) is 2.63. The average molecular weight is 265 g/mol. The van der Waals surface area contributed by atoms with Crippen molar-refractivity contribution in [3.05, 3.63) is 47.3 Å². The Kier molecular flexibility index (Phi) is 5.38.